The van der Waals surface area contributed by atoms with Crippen LogP contribution < -0.4 is 0 Å². The van der Waals surface area contributed by atoms with Crippen molar-refractivity contribution in [2.45, 2.75) is 37.1 Å². The van der Waals surface area contributed by atoms with Crippen LogP contribution in [0.2, 0.25) is 0 Å². The third-order valence-corrected chi connectivity index (χ3v) is 7.09. The summed E-state index contributed by atoms with van der Waals surface area (Å²) in [5.41, 5.74) is -2.26. The fourth-order valence-corrected chi connectivity index (χ4v) is 5.73. The Morgan fingerprint density at radius 1 is 1.25 bits per heavy atom. The van der Waals surface area contributed by atoms with Crippen molar-refractivity contribution in [3.05, 3.63) is 0 Å². The zero-order valence-corrected chi connectivity index (χ0v) is 11.6. The molecular weight excluding hydrogens is 295 g/mol. The van der Waals surface area contributed by atoms with Crippen LogP contribution in [0.3, 0.4) is 0 Å². The smallest absolute Gasteiger partial charge is 0.340 e. The van der Waals surface area contributed by atoms with E-state index in [9.17, 15) is 26.4 Å². The summed E-state index contributed by atoms with van der Waals surface area (Å²) in [6, 6.07) is 0. The lowest BCUT2D eigenvalue weighted by molar-refractivity contribution is -0.221. The Balaban J connectivity index is 1.97. The van der Waals surface area contributed by atoms with Crippen molar-refractivity contribution >= 4 is 15.7 Å². The van der Waals surface area contributed by atoms with Gasteiger partial charge in [-0.2, -0.15) is 13.2 Å². The lowest BCUT2D eigenvalue weighted by atomic mass is 9.81. The van der Waals surface area contributed by atoms with E-state index in [1.54, 1.807) is 0 Å². The number of likely N-dealkylation sites (tertiary alicyclic amines) is 1. The average Bonchev–Trinajstić information content (AvgIpc) is 3.06. The Labute approximate surface area is 115 Å². The molecule has 2 heterocycles. The molecule has 0 aromatic carbocycles. The molecule has 0 spiro atoms. The summed E-state index contributed by atoms with van der Waals surface area (Å²) >= 11 is 0. The van der Waals surface area contributed by atoms with E-state index < -0.39 is 33.2 Å². The van der Waals surface area contributed by atoms with E-state index in [0.29, 0.717) is 12.8 Å². The number of carbonyl (C=O) groups excluding carboxylic acids is 1. The largest absolute Gasteiger partial charge is 0.397 e. The van der Waals surface area contributed by atoms with Gasteiger partial charge < -0.3 is 4.90 Å². The van der Waals surface area contributed by atoms with E-state index in [1.165, 1.54) is 0 Å². The molecule has 3 fully saturated rings. The maximum Gasteiger partial charge on any atom is 0.397 e. The van der Waals surface area contributed by atoms with Crippen molar-refractivity contribution in [1.29, 1.82) is 0 Å². The summed E-state index contributed by atoms with van der Waals surface area (Å²) in [4.78, 5) is 13.1. The van der Waals surface area contributed by atoms with Crippen LogP contribution in [0.4, 0.5) is 13.2 Å². The minimum absolute atomic E-state index is 0.0177. The first-order valence-electron chi connectivity index (χ1n) is 6.74. The van der Waals surface area contributed by atoms with E-state index in [1.807, 2.05) is 0 Å². The number of rotatable bonds is 1. The fraction of sp³-hybridized carbons (Fsp3) is 0.917. The van der Waals surface area contributed by atoms with Crippen LogP contribution in [0.5, 0.6) is 0 Å². The number of nitrogens with zero attached hydrogens (tertiary/aromatic N) is 1. The number of amides is 1. The molecule has 3 rings (SSSR count). The molecule has 20 heavy (non-hydrogen) atoms. The maximum absolute atomic E-state index is 13.5. The van der Waals surface area contributed by atoms with Crippen molar-refractivity contribution in [1.82, 2.24) is 4.90 Å². The molecule has 4 nitrogen and oxygen atoms in total. The second-order valence-corrected chi connectivity index (χ2v) is 8.41. The van der Waals surface area contributed by atoms with Crippen LogP contribution in [0.1, 0.15) is 25.7 Å². The standard InChI is InChI=1S/C12H16F3NO3S/c13-12(14,15)11-4-1-5-20(18,19)9(11)6-16(7-11)10(17)8-2-3-8/h8-9H,1-7H2/t9-,11-/m1/s1. The van der Waals surface area contributed by atoms with Crippen LogP contribution in [0.15, 0.2) is 0 Å². The van der Waals surface area contributed by atoms with Gasteiger partial charge >= 0.3 is 6.18 Å². The summed E-state index contributed by atoms with van der Waals surface area (Å²) in [6.07, 6.45) is -3.38. The van der Waals surface area contributed by atoms with E-state index in [0.717, 1.165) is 4.90 Å². The SMILES string of the molecule is O=C(C1CC1)N1C[C@@H]2[C@@](C(F)(F)F)(CCCS2(=O)=O)C1. The molecule has 0 aromatic rings. The van der Waals surface area contributed by atoms with Gasteiger partial charge in [0, 0.05) is 19.0 Å². The Hall–Kier alpha value is -0.790. The van der Waals surface area contributed by atoms with Crippen LogP contribution >= 0.6 is 0 Å². The maximum atomic E-state index is 13.5. The molecule has 2 aliphatic heterocycles. The minimum atomic E-state index is -4.59. The molecule has 8 heteroatoms. The molecule has 1 amide bonds. The fourth-order valence-electron chi connectivity index (χ4n) is 3.48. The molecule has 0 aromatic heterocycles. The quantitative estimate of drug-likeness (QED) is 0.735. The Bertz CT molecular complexity index is 541. The minimum Gasteiger partial charge on any atom is -0.340 e. The number of hydrogen-bond donors (Lipinski definition) is 0. The summed E-state index contributed by atoms with van der Waals surface area (Å²) in [7, 11) is -3.79. The molecule has 3 aliphatic rings. The number of sulfone groups is 1. The van der Waals surface area contributed by atoms with Crippen LogP contribution in [-0.2, 0) is 14.6 Å². The van der Waals surface area contributed by atoms with Crippen LogP contribution in [0, 0.1) is 11.3 Å². The topological polar surface area (TPSA) is 54.5 Å². The number of fused-ring (bicyclic) bond motifs is 1. The van der Waals surface area contributed by atoms with Crippen molar-refractivity contribution < 1.29 is 26.4 Å². The zero-order valence-electron chi connectivity index (χ0n) is 10.8. The normalized spacial score (nSPS) is 36.8. The Morgan fingerprint density at radius 3 is 2.40 bits per heavy atom. The van der Waals surface area contributed by atoms with Gasteiger partial charge in [0.15, 0.2) is 9.84 Å². The molecule has 0 unspecified atom stereocenters. The molecule has 0 N–H and O–H groups in total. The van der Waals surface area contributed by atoms with Crippen LogP contribution in [0.25, 0.3) is 0 Å². The third kappa shape index (κ3) is 1.95. The van der Waals surface area contributed by atoms with E-state index in [2.05, 4.69) is 0 Å². The summed E-state index contributed by atoms with van der Waals surface area (Å²) in [5, 5.41) is -1.48. The number of carbonyl (C=O) groups is 1. The van der Waals surface area contributed by atoms with Gasteiger partial charge in [-0.25, -0.2) is 8.42 Å². The summed E-state index contributed by atoms with van der Waals surface area (Å²) in [5.74, 6) is -0.706. The molecule has 0 radical (unpaired) electrons. The van der Waals surface area contributed by atoms with Gasteiger partial charge in [-0.05, 0) is 25.7 Å². The average molecular weight is 311 g/mol. The molecule has 2 saturated heterocycles. The number of alkyl halides is 3. The lowest BCUT2D eigenvalue weighted by Crippen LogP contribution is -2.53. The number of hydrogen-bond acceptors (Lipinski definition) is 3. The molecule has 1 aliphatic carbocycles. The summed E-state index contributed by atoms with van der Waals surface area (Å²) < 4.78 is 64.5. The van der Waals surface area contributed by atoms with Gasteiger partial charge in [-0.1, -0.05) is 0 Å². The zero-order chi connectivity index (χ0) is 14.8. The first kappa shape index (κ1) is 14.2. The lowest BCUT2D eigenvalue weighted by Gasteiger charge is -2.39. The predicted octanol–water partition coefficient (Wildman–Crippen LogP) is 1.36. The second kappa shape index (κ2) is 4.11. The van der Waals surface area contributed by atoms with Gasteiger partial charge in [0.05, 0.1) is 11.0 Å². The molecule has 0 bridgehead atoms. The second-order valence-electron chi connectivity index (χ2n) is 6.11. The monoisotopic (exact) mass is 311 g/mol. The van der Waals surface area contributed by atoms with E-state index >= 15 is 0 Å². The van der Waals surface area contributed by atoms with Crippen molar-refractivity contribution in [2.75, 3.05) is 18.8 Å². The molecular formula is C12H16F3NO3S. The van der Waals surface area contributed by atoms with E-state index in [4.69, 9.17) is 0 Å². The molecule has 1 saturated carbocycles. The van der Waals surface area contributed by atoms with Crippen LogP contribution in [-0.4, -0.2) is 49.5 Å². The highest BCUT2D eigenvalue weighted by molar-refractivity contribution is 7.92. The van der Waals surface area contributed by atoms with Gasteiger partial charge in [0.1, 0.15) is 5.41 Å². The predicted molar refractivity (Wildman–Crippen MR) is 64.6 cm³/mol. The highest BCUT2D eigenvalue weighted by atomic mass is 32.2. The van der Waals surface area contributed by atoms with Crippen molar-refractivity contribution in [3.63, 3.8) is 0 Å². The first-order chi connectivity index (χ1) is 9.17. The van der Waals surface area contributed by atoms with Gasteiger partial charge in [-0.15, -0.1) is 0 Å². The van der Waals surface area contributed by atoms with Gasteiger partial charge in [0.25, 0.3) is 0 Å². The highest BCUT2D eigenvalue weighted by Crippen LogP contribution is 2.54. The number of halogens is 3. The Kier molecular flexibility index (Phi) is 2.91. The molecule has 114 valence electrons. The highest BCUT2D eigenvalue weighted by Gasteiger charge is 2.68. The summed E-state index contributed by atoms with van der Waals surface area (Å²) in [6.45, 7) is -0.785. The van der Waals surface area contributed by atoms with Crippen molar-refractivity contribution in [3.8, 4) is 0 Å². The van der Waals surface area contributed by atoms with Gasteiger partial charge in [-0.3, -0.25) is 4.79 Å². The van der Waals surface area contributed by atoms with E-state index in [-0.39, 0.29) is 37.0 Å². The van der Waals surface area contributed by atoms with Crippen molar-refractivity contribution in [2.24, 2.45) is 11.3 Å². The Morgan fingerprint density at radius 2 is 1.90 bits per heavy atom. The molecule has 2 atom stereocenters. The third-order valence-electron chi connectivity index (χ3n) is 4.76. The first-order valence-corrected chi connectivity index (χ1v) is 8.46. The van der Waals surface area contributed by atoms with Gasteiger partial charge in [0.2, 0.25) is 5.91 Å².